The van der Waals surface area contributed by atoms with Gasteiger partial charge in [-0.2, -0.15) is 8.42 Å². The predicted molar refractivity (Wildman–Crippen MR) is 86.6 cm³/mol. The predicted octanol–water partition coefficient (Wildman–Crippen LogP) is 3.44. The molecule has 0 aliphatic heterocycles. The average molecular weight is 320 g/mol. The lowest BCUT2D eigenvalue weighted by molar-refractivity contribution is 0.324. The molecule has 0 aliphatic carbocycles. The maximum absolute atomic E-state index is 9.33. The molecule has 0 aliphatic rings. The van der Waals surface area contributed by atoms with Gasteiger partial charge in [0.05, 0.1) is 14.2 Å². The third-order valence-corrected chi connectivity index (χ3v) is 3.60. The van der Waals surface area contributed by atoms with Crippen LogP contribution in [0, 0.1) is 0 Å². The Balaban J connectivity index is 0.000000254. The van der Waals surface area contributed by atoms with Crippen molar-refractivity contribution in [2.24, 2.45) is 0 Å². The van der Waals surface area contributed by atoms with Gasteiger partial charge in [0.1, 0.15) is 5.75 Å². The Morgan fingerprint density at radius 1 is 0.818 bits per heavy atom. The molecule has 0 bridgehead atoms. The van der Waals surface area contributed by atoms with Gasteiger partial charge in [-0.25, -0.2) is 0 Å². The maximum atomic E-state index is 9.33. The number of fused-ring (bicyclic) bond motifs is 3. The van der Waals surface area contributed by atoms with E-state index in [2.05, 4.69) is 46.6 Å². The van der Waals surface area contributed by atoms with E-state index in [9.17, 15) is 8.42 Å². The SMILES string of the molecule is COS(=O)(=O)O.COc1cccc2c1ccc1ccccc12. The van der Waals surface area contributed by atoms with Gasteiger partial charge >= 0.3 is 10.4 Å². The van der Waals surface area contributed by atoms with Gasteiger partial charge in [0, 0.05) is 5.39 Å². The van der Waals surface area contributed by atoms with Gasteiger partial charge in [-0.3, -0.25) is 8.74 Å². The van der Waals surface area contributed by atoms with Crippen LogP contribution in [-0.2, 0) is 14.6 Å². The fourth-order valence-corrected chi connectivity index (χ4v) is 2.19. The Kier molecular flexibility index (Phi) is 4.97. The molecule has 22 heavy (non-hydrogen) atoms. The molecular formula is C16H16O5S. The molecule has 0 fully saturated rings. The third kappa shape index (κ3) is 3.73. The van der Waals surface area contributed by atoms with Crippen molar-refractivity contribution in [1.82, 2.24) is 0 Å². The Hall–Kier alpha value is -2.15. The molecule has 5 nitrogen and oxygen atoms in total. The first-order chi connectivity index (χ1) is 10.5. The Morgan fingerprint density at radius 2 is 1.45 bits per heavy atom. The molecule has 0 unspecified atom stereocenters. The summed E-state index contributed by atoms with van der Waals surface area (Å²) < 4.78 is 35.1. The first-order valence-electron chi connectivity index (χ1n) is 6.44. The van der Waals surface area contributed by atoms with Crippen molar-refractivity contribution in [3.8, 4) is 5.75 Å². The second-order valence-corrected chi connectivity index (χ2v) is 5.63. The molecule has 3 aromatic carbocycles. The lowest BCUT2D eigenvalue weighted by Gasteiger charge is -2.07. The molecule has 1 N–H and O–H groups in total. The van der Waals surface area contributed by atoms with Crippen LogP contribution in [-0.4, -0.2) is 27.2 Å². The van der Waals surface area contributed by atoms with Gasteiger partial charge in [0.25, 0.3) is 0 Å². The zero-order chi connectivity index (χ0) is 16.2. The van der Waals surface area contributed by atoms with E-state index in [0.717, 1.165) is 12.9 Å². The van der Waals surface area contributed by atoms with Gasteiger partial charge < -0.3 is 4.74 Å². The van der Waals surface area contributed by atoms with Gasteiger partial charge in [-0.05, 0) is 22.2 Å². The molecule has 0 saturated heterocycles. The average Bonchev–Trinajstić information content (AvgIpc) is 2.54. The van der Waals surface area contributed by atoms with E-state index in [0.29, 0.717) is 0 Å². The molecule has 0 aromatic heterocycles. The van der Waals surface area contributed by atoms with Crippen LogP contribution in [0.25, 0.3) is 21.5 Å². The Bertz CT molecular complexity index is 887. The van der Waals surface area contributed by atoms with E-state index >= 15 is 0 Å². The molecule has 0 radical (unpaired) electrons. The van der Waals surface area contributed by atoms with E-state index in [1.54, 1.807) is 7.11 Å². The van der Waals surface area contributed by atoms with Crippen molar-refractivity contribution < 1.29 is 21.9 Å². The van der Waals surface area contributed by atoms with Crippen molar-refractivity contribution in [3.05, 3.63) is 54.6 Å². The van der Waals surface area contributed by atoms with Crippen molar-refractivity contribution in [2.45, 2.75) is 0 Å². The summed E-state index contributed by atoms with van der Waals surface area (Å²) >= 11 is 0. The molecule has 0 heterocycles. The number of hydrogen-bond donors (Lipinski definition) is 1. The fourth-order valence-electron chi connectivity index (χ4n) is 2.19. The highest BCUT2D eigenvalue weighted by Gasteiger charge is 2.03. The summed E-state index contributed by atoms with van der Waals surface area (Å²) in [6.45, 7) is 0. The van der Waals surface area contributed by atoms with E-state index < -0.39 is 10.4 Å². The first kappa shape index (κ1) is 16.2. The molecule has 0 saturated carbocycles. The Labute approximate surface area is 129 Å². The number of benzene rings is 3. The molecular weight excluding hydrogens is 304 g/mol. The first-order valence-corrected chi connectivity index (χ1v) is 7.80. The summed E-state index contributed by atoms with van der Waals surface area (Å²) in [4.78, 5) is 0. The van der Waals surface area contributed by atoms with Crippen molar-refractivity contribution in [1.29, 1.82) is 0 Å². The topological polar surface area (TPSA) is 72.8 Å². The minimum atomic E-state index is -4.16. The summed E-state index contributed by atoms with van der Waals surface area (Å²) in [5, 5.41) is 4.96. The summed E-state index contributed by atoms with van der Waals surface area (Å²) in [7, 11) is -1.58. The van der Waals surface area contributed by atoms with Gasteiger partial charge in [-0.1, -0.05) is 48.5 Å². The Morgan fingerprint density at radius 3 is 2.09 bits per heavy atom. The minimum absolute atomic E-state index is 0.870. The second-order valence-electron chi connectivity index (χ2n) is 4.44. The van der Waals surface area contributed by atoms with Crippen LogP contribution in [0.5, 0.6) is 5.75 Å². The minimum Gasteiger partial charge on any atom is -0.496 e. The number of methoxy groups -OCH3 is 1. The van der Waals surface area contributed by atoms with E-state index in [-0.39, 0.29) is 0 Å². The number of hydrogen-bond acceptors (Lipinski definition) is 4. The van der Waals surface area contributed by atoms with Gasteiger partial charge in [0.15, 0.2) is 0 Å². The molecule has 0 amide bonds. The third-order valence-electron chi connectivity index (χ3n) is 3.18. The number of rotatable bonds is 2. The van der Waals surface area contributed by atoms with Crippen molar-refractivity contribution in [2.75, 3.05) is 14.2 Å². The zero-order valence-electron chi connectivity index (χ0n) is 12.2. The summed E-state index contributed by atoms with van der Waals surface area (Å²) in [5.74, 6) is 0.934. The highest BCUT2D eigenvalue weighted by Crippen LogP contribution is 2.31. The largest absolute Gasteiger partial charge is 0.496 e. The summed E-state index contributed by atoms with van der Waals surface area (Å²) in [6, 6.07) is 18.8. The van der Waals surface area contributed by atoms with Gasteiger partial charge in [0.2, 0.25) is 0 Å². The number of ether oxygens (including phenoxy) is 1. The van der Waals surface area contributed by atoms with Crippen molar-refractivity contribution >= 4 is 31.9 Å². The quantitative estimate of drug-likeness (QED) is 0.578. The van der Waals surface area contributed by atoms with E-state index in [4.69, 9.17) is 9.29 Å². The zero-order valence-corrected chi connectivity index (χ0v) is 13.0. The molecule has 116 valence electrons. The van der Waals surface area contributed by atoms with Crippen LogP contribution in [0.3, 0.4) is 0 Å². The molecule has 0 spiro atoms. The highest BCUT2D eigenvalue weighted by atomic mass is 32.3. The smallest absolute Gasteiger partial charge is 0.397 e. The monoisotopic (exact) mass is 320 g/mol. The van der Waals surface area contributed by atoms with Crippen molar-refractivity contribution in [3.63, 3.8) is 0 Å². The van der Waals surface area contributed by atoms with Gasteiger partial charge in [-0.15, -0.1) is 0 Å². The second kappa shape index (κ2) is 6.74. The van der Waals surface area contributed by atoms with E-state index in [1.165, 1.54) is 21.5 Å². The summed E-state index contributed by atoms with van der Waals surface area (Å²) in [6.07, 6.45) is 0. The van der Waals surface area contributed by atoms with Crippen LogP contribution >= 0.6 is 0 Å². The highest BCUT2D eigenvalue weighted by molar-refractivity contribution is 7.80. The molecule has 0 atom stereocenters. The van der Waals surface area contributed by atoms with Crippen LogP contribution in [0.15, 0.2) is 54.6 Å². The molecule has 3 aromatic rings. The lowest BCUT2D eigenvalue weighted by atomic mass is 10.0. The maximum Gasteiger partial charge on any atom is 0.397 e. The van der Waals surface area contributed by atoms with Crippen LogP contribution in [0.4, 0.5) is 0 Å². The normalized spacial score (nSPS) is 11.0. The standard InChI is InChI=1S/C15H12O.CH4O4S/c1-16-15-8-4-7-13-12-6-3-2-5-11(12)9-10-14(13)15;1-5-6(2,3)4/h2-10H,1H3;1H3,(H,2,3,4). The lowest BCUT2D eigenvalue weighted by Crippen LogP contribution is -1.96. The fraction of sp³-hybridized carbons (Fsp3) is 0.125. The molecule has 6 heteroatoms. The summed E-state index contributed by atoms with van der Waals surface area (Å²) in [5.41, 5.74) is 0. The van der Waals surface area contributed by atoms with Crippen LogP contribution in [0.1, 0.15) is 0 Å². The van der Waals surface area contributed by atoms with Crippen LogP contribution < -0.4 is 4.74 Å². The van der Waals surface area contributed by atoms with E-state index in [1.807, 2.05) is 12.1 Å². The van der Waals surface area contributed by atoms with Crippen LogP contribution in [0.2, 0.25) is 0 Å². The molecule has 3 rings (SSSR count).